The molecule has 0 saturated heterocycles. The zero-order valence-electron chi connectivity index (χ0n) is 11.0. The van der Waals surface area contributed by atoms with Crippen molar-refractivity contribution in [2.45, 2.75) is 31.7 Å². The molecule has 3 N–H and O–H groups in total. The number of carbonyl (C=O) groups excluding carboxylic acids is 1. The molecule has 102 valence electrons. The highest BCUT2D eigenvalue weighted by atomic mass is 35.5. The van der Waals surface area contributed by atoms with Crippen LogP contribution in [0.3, 0.4) is 0 Å². The molecule has 0 aromatic heterocycles. The number of thioether (sulfide) groups is 1. The normalized spacial score (nSPS) is 13.3. The van der Waals surface area contributed by atoms with E-state index in [9.17, 15) is 4.79 Å². The third-order valence-corrected chi connectivity index (χ3v) is 3.49. The van der Waals surface area contributed by atoms with Gasteiger partial charge in [0.2, 0.25) is 5.91 Å². The standard InChI is InChI=1S/C13H20N2OS.ClH/c1-4-17-12-7-5-6-11(8-12)15-13(16)9(2)10(3)14;/h5-10H,4,14H2,1-3H3,(H,15,16);1H. The molecule has 0 radical (unpaired) electrons. The van der Waals surface area contributed by atoms with Crippen molar-refractivity contribution in [1.29, 1.82) is 0 Å². The number of benzene rings is 1. The number of nitrogens with two attached hydrogens (primary N) is 1. The van der Waals surface area contributed by atoms with E-state index in [2.05, 4.69) is 12.2 Å². The van der Waals surface area contributed by atoms with Crippen LogP contribution in [0.25, 0.3) is 0 Å². The van der Waals surface area contributed by atoms with Crippen molar-refractivity contribution in [3.8, 4) is 0 Å². The van der Waals surface area contributed by atoms with Gasteiger partial charge in [0.05, 0.1) is 5.92 Å². The van der Waals surface area contributed by atoms with Gasteiger partial charge in [-0.3, -0.25) is 4.79 Å². The molecule has 0 saturated carbocycles. The van der Waals surface area contributed by atoms with Crippen molar-refractivity contribution in [2.75, 3.05) is 11.1 Å². The minimum Gasteiger partial charge on any atom is -0.327 e. The monoisotopic (exact) mass is 288 g/mol. The predicted octanol–water partition coefficient (Wildman–Crippen LogP) is 3.14. The average molecular weight is 289 g/mol. The SMILES string of the molecule is CCSc1cccc(NC(=O)C(C)C(C)N)c1.Cl. The van der Waals surface area contributed by atoms with Crippen molar-refractivity contribution in [3.63, 3.8) is 0 Å². The molecule has 0 spiro atoms. The third-order valence-electron chi connectivity index (χ3n) is 2.61. The Balaban J connectivity index is 0.00000289. The van der Waals surface area contributed by atoms with E-state index in [1.807, 2.05) is 38.1 Å². The van der Waals surface area contributed by atoms with Crippen molar-refractivity contribution in [3.05, 3.63) is 24.3 Å². The number of hydrogen-bond donors (Lipinski definition) is 2. The average Bonchev–Trinajstić information content (AvgIpc) is 2.28. The topological polar surface area (TPSA) is 55.1 Å². The molecule has 3 nitrogen and oxygen atoms in total. The third kappa shape index (κ3) is 5.29. The van der Waals surface area contributed by atoms with Crippen molar-refractivity contribution in [1.82, 2.24) is 0 Å². The largest absolute Gasteiger partial charge is 0.327 e. The number of nitrogens with one attached hydrogen (secondary N) is 1. The van der Waals surface area contributed by atoms with Gasteiger partial charge >= 0.3 is 0 Å². The molecule has 0 aliphatic carbocycles. The predicted molar refractivity (Wildman–Crippen MR) is 81.5 cm³/mol. The molecule has 1 rings (SSSR count). The van der Waals surface area contributed by atoms with Crippen LogP contribution >= 0.6 is 24.2 Å². The highest BCUT2D eigenvalue weighted by Gasteiger charge is 2.16. The number of anilines is 1. The van der Waals surface area contributed by atoms with Gasteiger partial charge in [-0.2, -0.15) is 0 Å². The van der Waals surface area contributed by atoms with Crippen LogP contribution in [0.1, 0.15) is 20.8 Å². The van der Waals surface area contributed by atoms with Crippen LogP contribution in [0, 0.1) is 5.92 Å². The van der Waals surface area contributed by atoms with Gasteiger partial charge in [-0.15, -0.1) is 24.2 Å². The van der Waals surface area contributed by atoms with Gasteiger partial charge in [0.25, 0.3) is 0 Å². The Hall–Kier alpha value is -0.710. The summed E-state index contributed by atoms with van der Waals surface area (Å²) in [5, 5.41) is 2.89. The molecule has 1 amide bonds. The van der Waals surface area contributed by atoms with E-state index >= 15 is 0 Å². The molecule has 18 heavy (non-hydrogen) atoms. The minimum atomic E-state index is -0.183. The lowest BCUT2D eigenvalue weighted by atomic mass is 10.0. The second kappa shape index (κ2) is 8.40. The molecular formula is C13H21ClN2OS. The Morgan fingerprint density at radius 1 is 1.44 bits per heavy atom. The van der Waals surface area contributed by atoms with E-state index in [0.717, 1.165) is 11.4 Å². The number of rotatable bonds is 5. The maximum atomic E-state index is 11.8. The summed E-state index contributed by atoms with van der Waals surface area (Å²) < 4.78 is 0. The lowest BCUT2D eigenvalue weighted by Crippen LogP contribution is -2.34. The minimum absolute atomic E-state index is 0. The van der Waals surface area contributed by atoms with Gasteiger partial charge in [-0.05, 0) is 30.9 Å². The fourth-order valence-electron chi connectivity index (χ4n) is 1.33. The first-order valence-corrected chi connectivity index (χ1v) is 6.82. The maximum Gasteiger partial charge on any atom is 0.228 e. The maximum absolute atomic E-state index is 11.8. The first-order chi connectivity index (χ1) is 8.04. The molecular weight excluding hydrogens is 268 g/mol. The van der Waals surface area contributed by atoms with E-state index in [-0.39, 0.29) is 30.3 Å². The zero-order valence-corrected chi connectivity index (χ0v) is 12.6. The Labute approximate surface area is 119 Å². The van der Waals surface area contributed by atoms with Crippen LogP contribution < -0.4 is 11.1 Å². The Morgan fingerprint density at radius 3 is 2.67 bits per heavy atom. The van der Waals surface area contributed by atoms with Crippen LogP contribution in [-0.2, 0) is 4.79 Å². The summed E-state index contributed by atoms with van der Waals surface area (Å²) in [4.78, 5) is 13.0. The Bertz CT molecular complexity index is 385. The quantitative estimate of drug-likeness (QED) is 0.819. The van der Waals surface area contributed by atoms with Gasteiger partial charge in [0, 0.05) is 16.6 Å². The van der Waals surface area contributed by atoms with Crippen LogP contribution in [-0.4, -0.2) is 17.7 Å². The zero-order chi connectivity index (χ0) is 12.8. The van der Waals surface area contributed by atoms with E-state index in [1.165, 1.54) is 4.90 Å². The van der Waals surface area contributed by atoms with E-state index in [4.69, 9.17) is 5.73 Å². The van der Waals surface area contributed by atoms with Crippen molar-refractivity contribution in [2.24, 2.45) is 11.7 Å². The van der Waals surface area contributed by atoms with Crippen LogP contribution in [0.2, 0.25) is 0 Å². The number of amides is 1. The lowest BCUT2D eigenvalue weighted by Gasteiger charge is -2.15. The summed E-state index contributed by atoms with van der Waals surface area (Å²) in [6.07, 6.45) is 0. The number of carbonyl (C=O) groups is 1. The van der Waals surface area contributed by atoms with Crippen molar-refractivity contribution < 1.29 is 4.79 Å². The Kier molecular flexibility index (Phi) is 8.07. The molecule has 0 heterocycles. The first kappa shape index (κ1) is 17.3. The molecule has 2 atom stereocenters. The number of halogens is 1. The summed E-state index contributed by atoms with van der Waals surface area (Å²) in [5.74, 6) is 0.810. The smallest absolute Gasteiger partial charge is 0.228 e. The van der Waals surface area contributed by atoms with Crippen LogP contribution in [0.15, 0.2) is 29.2 Å². The summed E-state index contributed by atoms with van der Waals surface area (Å²) in [5.41, 5.74) is 6.54. The summed E-state index contributed by atoms with van der Waals surface area (Å²) in [6.45, 7) is 5.78. The molecule has 1 aromatic rings. The van der Waals surface area contributed by atoms with Crippen LogP contribution in [0.4, 0.5) is 5.69 Å². The summed E-state index contributed by atoms with van der Waals surface area (Å²) in [6, 6.07) is 7.73. The second-order valence-corrected chi connectivity index (χ2v) is 5.44. The molecule has 5 heteroatoms. The van der Waals surface area contributed by atoms with E-state index < -0.39 is 0 Å². The van der Waals surface area contributed by atoms with E-state index in [1.54, 1.807) is 11.8 Å². The molecule has 0 aliphatic heterocycles. The highest BCUT2D eigenvalue weighted by molar-refractivity contribution is 7.99. The molecule has 0 bridgehead atoms. The molecule has 0 fully saturated rings. The van der Waals surface area contributed by atoms with Crippen molar-refractivity contribution >= 4 is 35.8 Å². The number of hydrogen-bond acceptors (Lipinski definition) is 3. The van der Waals surface area contributed by atoms with Crippen LogP contribution in [0.5, 0.6) is 0 Å². The van der Waals surface area contributed by atoms with Gasteiger partial charge < -0.3 is 11.1 Å². The fraction of sp³-hybridized carbons (Fsp3) is 0.462. The fourth-order valence-corrected chi connectivity index (χ4v) is 2.04. The van der Waals surface area contributed by atoms with E-state index in [0.29, 0.717) is 0 Å². The van der Waals surface area contributed by atoms with Gasteiger partial charge in [0.15, 0.2) is 0 Å². The first-order valence-electron chi connectivity index (χ1n) is 5.84. The molecule has 1 aromatic carbocycles. The summed E-state index contributed by atoms with van der Waals surface area (Å²) in [7, 11) is 0. The second-order valence-electron chi connectivity index (χ2n) is 4.10. The summed E-state index contributed by atoms with van der Waals surface area (Å²) >= 11 is 1.76. The molecule has 0 aliphatic rings. The lowest BCUT2D eigenvalue weighted by molar-refractivity contribution is -0.119. The highest BCUT2D eigenvalue weighted by Crippen LogP contribution is 2.21. The van der Waals surface area contributed by atoms with Gasteiger partial charge in [0.1, 0.15) is 0 Å². The Morgan fingerprint density at radius 2 is 2.11 bits per heavy atom. The van der Waals surface area contributed by atoms with Gasteiger partial charge in [-0.25, -0.2) is 0 Å². The van der Waals surface area contributed by atoms with Gasteiger partial charge in [-0.1, -0.05) is 19.9 Å². The molecule has 2 unspecified atom stereocenters.